The fourth-order valence-electron chi connectivity index (χ4n) is 3.55. The fraction of sp³-hybridized carbons (Fsp3) is 0.333. The zero-order valence-electron chi connectivity index (χ0n) is 19.9. The number of amides is 1. The van der Waals surface area contributed by atoms with Gasteiger partial charge in [0.1, 0.15) is 6.61 Å². The number of hydrogen-bond acceptors (Lipinski definition) is 5. The van der Waals surface area contributed by atoms with E-state index in [1.165, 1.54) is 11.1 Å². The summed E-state index contributed by atoms with van der Waals surface area (Å²) in [5.74, 6) is 1.000. The highest BCUT2D eigenvalue weighted by Crippen LogP contribution is 2.29. The molecule has 0 aliphatic carbocycles. The topological polar surface area (TPSA) is 63.7 Å². The quantitative estimate of drug-likeness (QED) is 0.463. The second kappa shape index (κ2) is 12.0. The molecule has 0 radical (unpaired) electrons. The van der Waals surface area contributed by atoms with Crippen molar-refractivity contribution < 1.29 is 14.3 Å². The maximum Gasteiger partial charge on any atom is 0.251 e. The lowest BCUT2D eigenvalue weighted by atomic mass is 10.0. The first-order chi connectivity index (χ1) is 16.0. The summed E-state index contributed by atoms with van der Waals surface area (Å²) in [6, 6.07) is 17.7. The van der Waals surface area contributed by atoms with Crippen LogP contribution in [0, 0.1) is 0 Å². The van der Waals surface area contributed by atoms with Crippen molar-refractivity contribution in [1.82, 2.24) is 15.2 Å². The van der Waals surface area contributed by atoms with Gasteiger partial charge in [-0.1, -0.05) is 37.3 Å². The monoisotopic (exact) mass is 447 g/mol. The number of nitrogens with zero attached hydrogens (tertiary/aromatic N) is 2. The largest absolute Gasteiger partial charge is 0.490 e. The highest BCUT2D eigenvalue weighted by molar-refractivity contribution is 5.94. The van der Waals surface area contributed by atoms with Crippen LogP contribution in [0.25, 0.3) is 0 Å². The number of nitrogens with one attached hydrogen (secondary N) is 1. The molecule has 1 unspecified atom stereocenters. The van der Waals surface area contributed by atoms with Crippen LogP contribution in [0.2, 0.25) is 0 Å². The molecule has 6 heteroatoms. The maximum absolute atomic E-state index is 12.9. The minimum atomic E-state index is -0.146. The average Bonchev–Trinajstić information content (AvgIpc) is 2.84. The zero-order chi connectivity index (χ0) is 23.6. The Hall–Kier alpha value is -3.38. The first kappa shape index (κ1) is 24.3. The smallest absolute Gasteiger partial charge is 0.251 e. The number of pyridine rings is 1. The SMILES string of the molecule is CCOc1cc(C(=O)NCC(c2ccc(CC)cc2)N(C)C)ccc1OCc1cccnc1. The van der Waals surface area contributed by atoms with Crippen molar-refractivity contribution >= 4 is 5.91 Å². The predicted molar refractivity (Wildman–Crippen MR) is 131 cm³/mol. The van der Waals surface area contributed by atoms with Crippen molar-refractivity contribution in [3.63, 3.8) is 0 Å². The molecule has 1 heterocycles. The van der Waals surface area contributed by atoms with Gasteiger partial charge in [0.25, 0.3) is 5.91 Å². The van der Waals surface area contributed by atoms with Gasteiger partial charge in [0, 0.05) is 30.1 Å². The van der Waals surface area contributed by atoms with Gasteiger partial charge in [-0.2, -0.15) is 0 Å². The first-order valence-corrected chi connectivity index (χ1v) is 11.3. The van der Waals surface area contributed by atoms with Crippen molar-refractivity contribution in [2.45, 2.75) is 32.9 Å². The van der Waals surface area contributed by atoms with Gasteiger partial charge in [-0.05, 0) is 62.8 Å². The van der Waals surface area contributed by atoms with Crippen LogP contribution in [-0.2, 0) is 13.0 Å². The normalized spacial score (nSPS) is 11.8. The average molecular weight is 448 g/mol. The molecule has 0 fully saturated rings. The summed E-state index contributed by atoms with van der Waals surface area (Å²) in [5, 5.41) is 3.07. The van der Waals surface area contributed by atoms with Crippen LogP contribution in [0.1, 0.15) is 46.9 Å². The molecular formula is C27H33N3O3. The summed E-state index contributed by atoms with van der Waals surface area (Å²) in [7, 11) is 4.04. The second-order valence-electron chi connectivity index (χ2n) is 8.03. The molecule has 0 aliphatic rings. The van der Waals surface area contributed by atoms with E-state index in [4.69, 9.17) is 9.47 Å². The molecule has 3 aromatic rings. The number of carbonyl (C=O) groups is 1. The number of likely N-dealkylation sites (N-methyl/N-ethyl adjacent to an activating group) is 1. The zero-order valence-corrected chi connectivity index (χ0v) is 19.9. The van der Waals surface area contributed by atoms with Gasteiger partial charge in [0.05, 0.1) is 12.6 Å². The van der Waals surface area contributed by atoms with E-state index in [2.05, 4.69) is 46.4 Å². The van der Waals surface area contributed by atoms with Crippen LogP contribution in [0.3, 0.4) is 0 Å². The van der Waals surface area contributed by atoms with Gasteiger partial charge in [-0.25, -0.2) is 0 Å². The van der Waals surface area contributed by atoms with Crippen molar-refractivity contribution in [2.24, 2.45) is 0 Å². The maximum atomic E-state index is 12.9. The number of aromatic nitrogens is 1. The number of hydrogen-bond donors (Lipinski definition) is 1. The molecule has 3 rings (SSSR count). The Kier molecular flexibility index (Phi) is 8.84. The highest BCUT2D eigenvalue weighted by Gasteiger charge is 2.17. The van der Waals surface area contributed by atoms with E-state index in [1.54, 1.807) is 30.6 Å². The van der Waals surface area contributed by atoms with Crippen LogP contribution in [-0.4, -0.2) is 43.0 Å². The van der Waals surface area contributed by atoms with E-state index in [9.17, 15) is 4.79 Å². The molecule has 0 spiro atoms. The third-order valence-corrected chi connectivity index (χ3v) is 5.47. The standard InChI is InChI=1S/C27H33N3O3/c1-5-20-9-11-22(12-10-20)24(30(3)4)18-29-27(31)23-13-14-25(26(16-23)32-6-2)33-19-21-8-7-15-28-17-21/h7-17,24H,5-6,18-19H2,1-4H3,(H,29,31). The molecule has 33 heavy (non-hydrogen) atoms. The Balaban J connectivity index is 1.68. The molecular weight excluding hydrogens is 414 g/mol. The minimum absolute atomic E-state index is 0.0771. The van der Waals surface area contributed by atoms with E-state index < -0.39 is 0 Å². The van der Waals surface area contributed by atoms with Gasteiger partial charge in [-0.15, -0.1) is 0 Å². The van der Waals surface area contributed by atoms with Gasteiger partial charge >= 0.3 is 0 Å². The van der Waals surface area contributed by atoms with Crippen molar-refractivity contribution in [2.75, 3.05) is 27.2 Å². The van der Waals surface area contributed by atoms with Crippen LogP contribution >= 0.6 is 0 Å². The molecule has 0 saturated heterocycles. The Labute approximate surface area is 196 Å². The summed E-state index contributed by atoms with van der Waals surface area (Å²) >= 11 is 0. The second-order valence-corrected chi connectivity index (χ2v) is 8.03. The lowest BCUT2D eigenvalue weighted by molar-refractivity contribution is 0.0941. The summed E-state index contributed by atoms with van der Waals surface area (Å²) in [6.07, 6.45) is 4.50. The Morgan fingerprint density at radius 3 is 2.42 bits per heavy atom. The van der Waals surface area contributed by atoms with Crippen LogP contribution in [0.15, 0.2) is 67.0 Å². The minimum Gasteiger partial charge on any atom is -0.490 e. The molecule has 2 aromatic carbocycles. The molecule has 0 saturated carbocycles. The van der Waals surface area contributed by atoms with Gasteiger partial charge in [-0.3, -0.25) is 9.78 Å². The Bertz CT molecular complexity index is 1020. The third-order valence-electron chi connectivity index (χ3n) is 5.47. The number of ether oxygens (including phenoxy) is 2. The molecule has 174 valence electrons. The van der Waals surface area contributed by atoms with E-state index in [-0.39, 0.29) is 11.9 Å². The van der Waals surface area contributed by atoms with E-state index in [0.717, 1.165) is 12.0 Å². The molecule has 0 bridgehead atoms. The van der Waals surface area contributed by atoms with E-state index in [0.29, 0.717) is 36.8 Å². The van der Waals surface area contributed by atoms with Crippen LogP contribution < -0.4 is 14.8 Å². The molecule has 0 aliphatic heterocycles. The van der Waals surface area contributed by atoms with Crippen molar-refractivity contribution in [3.8, 4) is 11.5 Å². The van der Waals surface area contributed by atoms with Gasteiger partial charge < -0.3 is 19.7 Å². The lowest BCUT2D eigenvalue weighted by Gasteiger charge is -2.25. The van der Waals surface area contributed by atoms with Crippen LogP contribution in [0.4, 0.5) is 0 Å². The molecule has 1 atom stereocenters. The summed E-state index contributed by atoms with van der Waals surface area (Å²) in [4.78, 5) is 19.1. The number of benzene rings is 2. The van der Waals surface area contributed by atoms with E-state index >= 15 is 0 Å². The predicted octanol–water partition coefficient (Wildman–Crippen LogP) is 4.65. The molecule has 1 amide bonds. The van der Waals surface area contributed by atoms with Crippen molar-refractivity contribution in [1.29, 1.82) is 0 Å². The van der Waals surface area contributed by atoms with Gasteiger partial charge in [0.15, 0.2) is 11.5 Å². The Morgan fingerprint density at radius 1 is 1.00 bits per heavy atom. The number of rotatable bonds is 11. The molecule has 1 aromatic heterocycles. The summed E-state index contributed by atoms with van der Waals surface area (Å²) in [5.41, 5.74) is 3.97. The highest BCUT2D eigenvalue weighted by atomic mass is 16.5. The first-order valence-electron chi connectivity index (χ1n) is 11.3. The molecule has 1 N–H and O–H groups in total. The number of aryl methyl sites for hydroxylation is 1. The summed E-state index contributed by atoms with van der Waals surface area (Å²) in [6.45, 7) is 5.40. The fourth-order valence-corrected chi connectivity index (χ4v) is 3.55. The van der Waals surface area contributed by atoms with Gasteiger partial charge in [0.2, 0.25) is 0 Å². The Morgan fingerprint density at radius 2 is 1.79 bits per heavy atom. The van der Waals surface area contributed by atoms with E-state index in [1.807, 2.05) is 33.2 Å². The molecule has 6 nitrogen and oxygen atoms in total. The van der Waals surface area contributed by atoms with Crippen LogP contribution in [0.5, 0.6) is 11.5 Å². The number of carbonyl (C=O) groups excluding carboxylic acids is 1. The van der Waals surface area contributed by atoms with Crippen molar-refractivity contribution in [3.05, 3.63) is 89.2 Å². The summed E-state index contributed by atoms with van der Waals surface area (Å²) < 4.78 is 11.7. The lowest BCUT2D eigenvalue weighted by Crippen LogP contribution is -2.34. The third kappa shape index (κ3) is 6.80.